The molecule has 1 aliphatic rings. The molecule has 0 heterocycles. The summed E-state index contributed by atoms with van der Waals surface area (Å²) in [4.78, 5) is 28.9. The first kappa shape index (κ1) is 27.8. The number of benzene rings is 2. The summed E-state index contributed by atoms with van der Waals surface area (Å²) in [7, 11) is 2.17. The summed E-state index contributed by atoms with van der Waals surface area (Å²) < 4.78 is 32.2. The third-order valence-electron chi connectivity index (χ3n) is 6.75. The Balaban J connectivity index is 1.63. The van der Waals surface area contributed by atoms with E-state index in [4.69, 9.17) is 16.3 Å². The van der Waals surface area contributed by atoms with Gasteiger partial charge in [-0.05, 0) is 55.2 Å². The second kappa shape index (κ2) is 12.0. The molecule has 0 radical (unpaired) electrons. The first-order chi connectivity index (χ1) is 17.1. The SMILES string of the molecule is COc1ccc(Cl)cc1C(=O)N(C)CCc1ccc(S(=O)(=O)N(C)C(=O)N(C)C2CCCCC2)cc1. The number of sulfonamides is 1. The van der Waals surface area contributed by atoms with Gasteiger partial charge in [0, 0.05) is 38.8 Å². The molecule has 8 nitrogen and oxygen atoms in total. The van der Waals surface area contributed by atoms with Crippen molar-refractivity contribution in [1.82, 2.24) is 14.1 Å². The number of carbonyl (C=O) groups is 2. The van der Waals surface area contributed by atoms with Crippen molar-refractivity contribution in [2.75, 3.05) is 34.8 Å². The fourth-order valence-corrected chi connectivity index (χ4v) is 5.69. The molecule has 0 N–H and O–H groups in total. The molecule has 2 aromatic carbocycles. The molecule has 3 amide bonds. The van der Waals surface area contributed by atoms with Crippen LogP contribution in [0.3, 0.4) is 0 Å². The zero-order chi connectivity index (χ0) is 26.5. The van der Waals surface area contributed by atoms with Crippen LogP contribution in [0.25, 0.3) is 0 Å². The topological polar surface area (TPSA) is 87.2 Å². The Morgan fingerprint density at radius 3 is 2.25 bits per heavy atom. The van der Waals surface area contributed by atoms with E-state index >= 15 is 0 Å². The number of hydrogen-bond donors (Lipinski definition) is 0. The van der Waals surface area contributed by atoms with Crippen molar-refractivity contribution in [3.8, 4) is 5.75 Å². The Morgan fingerprint density at radius 2 is 1.64 bits per heavy atom. The van der Waals surface area contributed by atoms with E-state index in [2.05, 4.69) is 0 Å². The normalized spacial score (nSPS) is 14.2. The minimum absolute atomic E-state index is 0.0484. The van der Waals surface area contributed by atoms with E-state index in [0.717, 1.165) is 42.0 Å². The summed E-state index contributed by atoms with van der Waals surface area (Å²) in [5.41, 5.74) is 1.24. The van der Waals surface area contributed by atoms with Crippen molar-refractivity contribution < 1.29 is 22.7 Å². The maximum absolute atomic E-state index is 13.1. The Bertz CT molecular complexity index is 1180. The van der Waals surface area contributed by atoms with Crippen molar-refractivity contribution >= 4 is 33.6 Å². The molecule has 2 aromatic rings. The molecule has 0 saturated heterocycles. The van der Waals surface area contributed by atoms with Crippen molar-refractivity contribution in [3.63, 3.8) is 0 Å². The first-order valence-corrected chi connectivity index (χ1v) is 13.8. The van der Waals surface area contributed by atoms with Gasteiger partial charge in [-0.25, -0.2) is 17.5 Å². The Labute approximate surface area is 218 Å². The predicted octanol–water partition coefficient (Wildman–Crippen LogP) is 4.67. The number of methoxy groups -OCH3 is 1. The molecule has 0 aliphatic heterocycles. The summed E-state index contributed by atoms with van der Waals surface area (Å²) in [5.74, 6) is 0.217. The van der Waals surface area contributed by atoms with Gasteiger partial charge < -0.3 is 14.5 Å². The van der Waals surface area contributed by atoms with E-state index in [1.54, 1.807) is 54.2 Å². The quantitative estimate of drug-likeness (QED) is 0.490. The van der Waals surface area contributed by atoms with Gasteiger partial charge in [-0.15, -0.1) is 0 Å². The lowest BCUT2D eigenvalue weighted by molar-refractivity contribution is 0.0793. The van der Waals surface area contributed by atoms with Crippen LogP contribution in [0.4, 0.5) is 4.79 Å². The number of amides is 3. The van der Waals surface area contributed by atoms with Crippen molar-refractivity contribution in [3.05, 3.63) is 58.6 Å². The van der Waals surface area contributed by atoms with Gasteiger partial charge in [0.05, 0.1) is 17.6 Å². The van der Waals surface area contributed by atoms with Crippen molar-refractivity contribution in [1.29, 1.82) is 0 Å². The largest absolute Gasteiger partial charge is 0.496 e. The van der Waals surface area contributed by atoms with Gasteiger partial charge in [-0.2, -0.15) is 0 Å². The summed E-state index contributed by atoms with van der Waals surface area (Å²) >= 11 is 6.04. The predicted molar refractivity (Wildman–Crippen MR) is 140 cm³/mol. The van der Waals surface area contributed by atoms with E-state index in [9.17, 15) is 18.0 Å². The lowest BCUT2D eigenvalue weighted by atomic mass is 9.95. The lowest BCUT2D eigenvalue weighted by Gasteiger charge is -2.33. The third kappa shape index (κ3) is 6.31. The number of hydrogen-bond acceptors (Lipinski definition) is 5. The fraction of sp³-hybridized carbons (Fsp3) is 0.462. The van der Waals surface area contributed by atoms with Crippen LogP contribution in [0.1, 0.15) is 48.0 Å². The maximum Gasteiger partial charge on any atom is 0.333 e. The number of likely N-dealkylation sites (N-methyl/N-ethyl adjacent to an activating group) is 1. The van der Waals surface area contributed by atoms with Crippen LogP contribution in [0.2, 0.25) is 5.02 Å². The highest BCUT2D eigenvalue weighted by atomic mass is 35.5. The van der Waals surface area contributed by atoms with Crippen LogP contribution in [0.15, 0.2) is 47.4 Å². The van der Waals surface area contributed by atoms with Gasteiger partial charge in [0.25, 0.3) is 15.9 Å². The minimum atomic E-state index is -3.98. The smallest absolute Gasteiger partial charge is 0.333 e. The molecule has 196 valence electrons. The fourth-order valence-electron chi connectivity index (χ4n) is 4.39. The molecular formula is C26H34ClN3O5S. The highest BCUT2D eigenvalue weighted by molar-refractivity contribution is 7.89. The second-order valence-electron chi connectivity index (χ2n) is 9.12. The number of carbonyl (C=O) groups excluding carboxylic acids is 2. The molecule has 0 spiro atoms. The number of nitrogens with zero attached hydrogens (tertiary/aromatic N) is 3. The lowest BCUT2D eigenvalue weighted by Crippen LogP contribution is -2.47. The summed E-state index contributed by atoms with van der Waals surface area (Å²) in [6.07, 6.45) is 5.56. The number of ether oxygens (including phenoxy) is 1. The Kier molecular flexibility index (Phi) is 9.24. The molecule has 10 heteroatoms. The third-order valence-corrected chi connectivity index (χ3v) is 8.73. The molecule has 0 atom stereocenters. The second-order valence-corrected chi connectivity index (χ2v) is 11.5. The minimum Gasteiger partial charge on any atom is -0.496 e. The van der Waals surface area contributed by atoms with E-state index in [-0.39, 0.29) is 16.8 Å². The highest BCUT2D eigenvalue weighted by Crippen LogP contribution is 2.25. The average Bonchev–Trinajstić information content (AvgIpc) is 2.90. The van der Waals surface area contributed by atoms with Gasteiger partial charge in [0.2, 0.25) is 0 Å². The van der Waals surface area contributed by atoms with Crippen LogP contribution in [-0.4, -0.2) is 75.3 Å². The molecule has 1 fully saturated rings. The molecule has 0 bridgehead atoms. The van der Waals surface area contributed by atoms with Gasteiger partial charge in [0.1, 0.15) is 5.75 Å². The summed E-state index contributed by atoms with van der Waals surface area (Å²) in [5, 5.41) is 0.442. The monoisotopic (exact) mass is 535 g/mol. The van der Waals surface area contributed by atoms with E-state index in [0.29, 0.717) is 29.3 Å². The zero-order valence-corrected chi connectivity index (χ0v) is 22.8. The average molecular weight is 536 g/mol. The van der Waals surface area contributed by atoms with Crippen LogP contribution < -0.4 is 4.74 Å². The maximum atomic E-state index is 13.1. The molecule has 1 saturated carbocycles. The summed E-state index contributed by atoms with van der Waals surface area (Å²) in [6.45, 7) is 0.408. The molecule has 0 unspecified atom stereocenters. The van der Waals surface area contributed by atoms with Gasteiger partial charge >= 0.3 is 6.03 Å². The van der Waals surface area contributed by atoms with E-state index in [1.165, 1.54) is 26.3 Å². The molecule has 1 aliphatic carbocycles. The van der Waals surface area contributed by atoms with E-state index < -0.39 is 16.1 Å². The van der Waals surface area contributed by atoms with Gasteiger partial charge in [-0.3, -0.25) is 4.79 Å². The summed E-state index contributed by atoms with van der Waals surface area (Å²) in [6, 6.07) is 10.8. The Morgan fingerprint density at radius 1 is 1.00 bits per heavy atom. The molecule has 36 heavy (non-hydrogen) atoms. The highest BCUT2D eigenvalue weighted by Gasteiger charge is 2.31. The number of halogens is 1. The van der Waals surface area contributed by atoms with E-state index in [1.807, 2.05) is 0 Å². The molecule has 3 rings (SSSR count). The number of urea groups is 1. The van der Waals surface area contributed by atoms with Crippen molar-refractivity contribution in [2.45, 2.75) is 49.5 Å². The van der Waals surface area contributed by atoms with Crippen LogP contribution in [0.5, 0.6) is 5.75 Å². The van der Waals surface area contributed by atoms with Gasteiger partial charge in [0.15, 0.2) is 0 Å². The Hall–Kier alpha value is -2.78. The van der Waals surface area contributed by atoms with Crippen LogP contribution in [-0.2, 0) is 16.4 Å². The zero-order valence-electron chi connectivity index (χ0n) is 21.2. The molecule has 0 aromatic heterocycles. The standard InChI is InChI=1S/C26H34ClN3O5S/c1-28(25(31)23-18-20(27)12-15-24(23)35-4)17-16-19-10-13-22(14-11-19)36(33,34)30(3)26(32)29(2)21-8-6-5-7-9-21/h10-15,18,21H,5-9,16-17H2,1-4H3. The van der Waals surface area contributed by atoms with Crippen LogP contribution in [0, 0.1) is 0 Å². The molecular weight excluding hydrogens is 502 g/mol. The number of rotatable bonds is 8. The van der Waals surface area contributed by atoms with Crippen LogP contribution >= 0.6 is 11.6 Å². The first-order valence-electron chi connectivity index (χ1n) is 12.0. The van der Waals surface area contributed by atoms with Gasteiger partial charge in [-0.1, -0.05) is 43.0 Å². The van der Waals surface area contributed by atoms with Crippen molar-refractivity contribution in [2.24, 2.45) is 0 Å².